The van der Waals surface area contributed by atoms with E-state index in [0.29, 0.717) is 62.6 Å². The summed E-state index contributed by atoms with van der Waals surface area (Å²) in [7, 11) is 0. The summed E-state index contributed by atoms with van der Waals surface area (Å²) in [5, 5.41) is 11.6. The number of hydrogen-bond acceptors (Lipinski definition) is 18. The summed E-state index contributed by atoms with van der Waals surface area (Å²) in [5.74, 6) is -2.16. The molecule has 7 N–H and O–H groups in total. The third-order valence-electron chi connectivity index (χ3n) is 10.2. The van der Waals surface area contributed by atoms with E-state index in [9.17, 15) is 33.6 Å². The number of nitrogens with two attached hydrogens (primary N) is 1. The number of nitrogens with zero attached hydrogens (tertiary/aromatic N) is 6. The highest BCUT2D eigenvalue weighted by atomic mass is 16.6. The van der Waals surface area contributed by atoms with Crippen molar-refractivity contribution in [1.29, 1.82) is 0 Å². The first-order valence-electron chi connectivity index (χ1n) is 23.3. The van der Waals surface area contributed by atoms with E-state index in [2.05, 4.69) is 41.2 Å². The van der Waals surface area contributed by atoms with Crippen LogP contribution in [0.4, 0.5) is 11.6 Å². The van der Waals surface area contributed by atoms with Gasteiger partial charge >= 0.3 is 17.9 Å². The molecule has 380 valence electrons. The Bertz CT molecular complexity index is 2240. The van der Waals surface area contributed by atoms with Gasteiger partial charge in [0.15, 0.2) is 11.2 Å². The number of carbonyl (C=O) groups excluding carboxylic acids is 6. The topological polar surface area (TPSA) is 286 Å². The molecule has 0 aliphatic carbocycles. The summed E-state index contributed by atoms with van der Waals surface area (Å²) in [4.78, 5) is 111. The summed E-state index contributed by atoms with van der Waals surface area (Å²) < 4.78 is 17.0. The fourth-order valence-corrected chi connectivity index (χ4v) is 7.11. The number of benzene rings is 1. The van der Waals surface area contributed by atoms with Gasteiger partial charge in [0.05, 0.1) is 31.5 Å². The van der Waals surface area contributed by atoms with Crippen molar-refractivity contribution in [1.82, 2.24) is 50.6 Å². The number of aromatic nitrogens is 4. The predicted octanol–water partition coefficient (Wildman–Crippen LogP) is 1.74. The van der Waals surface area contributed by atoms with Crippen LogP contribution in [0.3, 0.4) is 0 Å². The summed E-state index contributed by atoms with van der Waals surface area (Å²) in [6, 6.07) is 5.97. The number of carbonyl (C=O) groups is 6. The van der Waals surface area contributed by atoms with E-state index < -0.39 is 34.4 Å². The lowest BCUT2D eigenvalue weighted by Gasteiger charge is -2.33. The number of nitrogen functional groups attached to an aromatic ring is 1. The zero-order chi connectivity index (χ0) is 50.9. The fraction of sp³-hybridized carbons (Fsp3) is 0.617. The number of esters is 3. The maximum Gasteiger partial charge on any atom is 0.323 e. The molecule has 1 atom stereocenters. The zero-order valence-corrected chi connectivity index (χ0v) is 41.6. The molecule has 2 aromatic heterocycles. The van der Waals surface area contributed by atoms with Crippen LogP contribution in [0.1, 0.15) is 104 Å². The molecule has 3 heterocycles. The molecule has 22 nitrogen and oxygen atoms in total. The van der Waals surface area contributed by atoms with Gasteiger partial charge in [0.25, 0.3) is 11.5 Å². The van der Waals surface area contributed by atoms with Crippen LogP contribution in [0.25, 0.3) is 11.2 Å². The van der Waals surface area contributed by atoms with Gasteiger partial charge in [-0.2, -0.15) is 4.98 Å². The van der Waals surface area contributed by atoms with Crippen molar-refractivity contribution >= 4 is 58.4 Å². The molecule has 69 heavy (non-hydrogen) atoms. The van der Waals surface area contributed by atoms with E-state index in [0.717, 1.165) is 0 Å². The third kappa shape index (κ3) is 20.9. The van der Waals surface area contributed by atoms with Gasteiger partial charge in [-0.05, 0) is 99.4 Å². The van der Waals surface area contributed by atoms with Crippen LogP contribution in [0.2, 0.25) is 0 Å². The van der Waals surface area contributed by atoms with E-state index in [4.69, 9.17) is 19.9 Å². The summed E-state index contributed by atoms with van der Waals surface area (Å²) in [6.07, 6.45) is 2.17. The fourth-order valence-electron chi connectivity index (χ4n) is 7.11. The number of rotatable bonds is 20. The van der Waals surface area contributed by atoms with E-state index in [1.807, 2.05) is 14.7 Å². The van der Waals surface area contributed by atoms with Crippen molar-refractivity contribution < 1.29 is 43.0 Å². The van der Waals surface area contributed by atoms with Gasteiger partial charge in [-0.1, -0.05) is 0 Å². The normalized spacial score (nSPS) is 14.9. The van der Waals surface area contributed by atoms with E-state index in [1.54, 1.807) is 86.6 Å². The highest BCUT2D eigenvalue weighted by Gasteiger charge is 2.33. The molecule has 4 rings (SSSR count). The first kappa shape index (κ1) is 55.3. The number of aromatic amines is 1. The SMILES string of the molecule is CC(C)(C)OC(=O)CN1CCN(CC(=O)OC(C)(C)C)CCN(C(CCC(=O)NCCNC(=O)CCCNC(=O)c2ccc(NCc3cnc4nc(N)[nH]c(=O)c4n3)cc2)C(=O)OC(C)(C)C)CC1. The van der Waals surface area contributed by atoms with Crippen LogP contribution in [0, 0.1) is 0 Å². The minimum atomic E-state index is -0.812. The van der Waals surface area contributed by atoms with Crippen LogP contribution in [-0.2, 0) is 44.7 Å². The number of hydrogen-bond donors (Lipinski definition) is 6. The minimum absolute atomic E-state index is 0.00500. The highest BCUT2D eigenvalue weighted by Crippen LogP contribution is 2.18. The molecule has 0 radical (unpaired) electrons. The lowest BCUT2D eigenvalue weighted by atomic mass is 10.1. The van der Waals surface area contributed by atoms with Crippen LogP contribution >= 0.6 is 0 Å². The first-order chi connectivity index (χ1) is 32.3. The van der Waals surface area contributed by atoms with Crippen molar-refractivity contribution in [3.05, 3.63) is 52.1 Å². The first-order valence-corrected chi connectivity index (χ1v) is 23.3. The van der Waals surface area contributed by atoms with Crippen LogP contribution < -0.4 is 32.6 Å². The third-order valence-corrected chi connectivity index (χ3v) is 10.2. The maximum absolute atomic E-state index is 13.8. The predicted molar refractivity (Wildman–Crippen MR) is 259 cm³/mol. The Balaban J connectivity index is 1.22. The van der Waals surface area contributed by atoms with E-state index >= 15 is 0 Å². The molecule has 3 aromatic rings. The Labute approximate surface area is 403 Å². The molecule has 1 aliphatic heterocycles. The molecule has 0 bridgehead atoms. The largest absolute Gasteiger partial charge is 0.459 e. The molecular formula is C47H72N12O10. The van der Waals surface area contributed by atoms with Gasteiger partial charge in [-0.3, -0.25) is 53.2 Å². The molecule has 1 aromatic carbocycles. The zero-order valence-electron chi connectivity index (χ0n) is 41.6. The molecule has 0 saturated carbocycles. The van der Waals surface area contributed by atoms with E-state index in [1.165, 1.54) is 6.20 Å². The van der Waals surface area contributed by atoms with Gasteiger partial charge in [-0.15, -0.1) is 0 Å². The number of H-pyrrole nitrogens is 1. The molecule has 22 heteroatoms. The number of ether oxygens (including phenoxy) is 3. The minimum Gasteiger partial charge on any atom is -0.459 e. The average molecular weight is 965 g/mol. The Morgan fingerprint density at radius 2 is 1.25 bits per heavy atom. The maximum atomic E-state index is 13.8. The smallest absolute Gasteiger partial charge is 0.323 e. The summed E-state index contributed by atoms with van der Waals surface area (Å²) in [5.41, 5.74) is 4.82. The van der Waals surface area contributed by atoms with Gasteiger partial charge in [0, 0.05) is 83.0 Å². The van der Waals surface area contributed by atoms with Crippen molar-refractivity contribution in [2.75, 3.05) is 83.0 Å². The van der Waals surface area contributed by atoms with Crippen LogP contribution in [0.5, 0.6) is 0 Å². The lowest BCUT2D eigenvalue weighted by molar-refractivity contribution is -0.163. The number of nitrogens with one attached hydrogen (secondary N) is 5. The second kappa shape index (κ2) is 25.4. The molecular weight excluding hydrogens is 893 g/mol. The molecule has 1 saturated heterocycles. The molecule has 0 spiro atoms. The standard InChI is InChI=1S/C47H72N12O10/c1-45(2,3)67-37(62)29-57-21-22-58(30-38(63)68-46(4,5)6)24-26-59(25-23-57)34(43(66)69-47(7,8)9)16-17-36(61)50-20-19-49-35(60)11-10-18-51-41(64)31-12-14-32(15-13-31)52-27-33-28-53-40-39(54-33)42(65)56-44(48)55-40/h12-15,28,34,52H,10-11,16-27,29-30H2,1-9H3,(H,49,60)(H,50,61)(H,51,64)(H3,48,53,55,56,65). The summed E-state index contributed by atoms with van der Waals surface area (Å²) >= 11 is 0. The molecule has 1 fully saturated rings. The molecule has 3 amide bonds. The Kier molecular flexibility index (Phi) is 20.4. The number of fused-ring (bicyclic) bond motifs is 1. The van der Waals surface area contributed by atoms with E-state index in [-0.39, 0.29) is 105 Å². The lowest BCUT2D eigenvalue weighted by Crippen LogP contribution is -2.49. The van der Waals surface area contributed by atoms with Crippen molar-refractivity contribution in [3.8, 4) is 0 Å². The number of amides is 3. The summed E-state index contributed by atoms with van der Waals surface area (Å²) in [6.45, 7) is 19.6. The van der Waals surface area contributed by atoms with Gasteiger partial charge < -0.3 is 41.2 Å². The van der Waals surface area contributed by atoms with Crippen LogP contribution in [-0.4, -0.2) is 165 Å². The average Bonchev–Trinajstić information content (AvgIpc) is 3.32. The molecule has 1 aliphatic rings. The van der Waals surface area contributed by atoms with Crippen molar-refractivity contribution in [3.63, 3.8) is 0 Å². The quantitative estimate of drug-likeness (QED) is 0.0534. The van der Waals surface area contributed by atoms with Crippen molar-refractivity contribution in [2.45, 2.75) is 117 Å². The second-order valence-corrected chi connectivity index (χ2v) is 19.8. The van der Waals surface area contributed by atoms with Gasteiger partial charge in [-0.25, -0.2) is 9.97 Å². The Morgan fingerprint density at radius 3 is 1.80 bits per heavy atom. The number of anilines is 2. The second-order valence-electron chi connectivity index (χ2n) is 19.8. The highest BCUT2D eigenvalue weighted by molar-refractivity contribution is 5.94. The Hall–Kier alpha value is -6.26. The van der Waals surface area contributed by atoms with Gasteiger partial charge in [0.1, 0.15) is 22.8 Å². The Morgan fingerprint density at radius 1 is 0.710 bits per heavy atom. The monoisotopic (exact) mass is 965 g/mol. The molecule has 1 unspecified atom stereocenters. The van der Waals surface area contributed by atoms with Gasteiger partial charge in [0.2, 0.25) is 17.8 Å². The van der Waals surface area contributed by atoms with Crippen molar-refractivity contribution in [2.24, 2.45) is 0 Å². The van der Waals surface area contributed by atoms with Crippen LogP contribution in [0.15, 0.2) is 35.3 Å².